The number of esters is 2. The maximum absolute atomic E-state index is 12.7. The zero-order valence-corrected chi connectivity index (χ0v) is 18.6. The summed E-state index contributed by atoms with van der Waals surface area (Å²) in [5.74, 6) is -1.16. The molecule has 2 aromatic rings. The Balaban J connectivity index is 1.41. The van der Waals surface area contributed by atoms with Crippen LogP contribution in [0.2, 0.25) is 0 Å². The van der Waals surface area contributed by atoms with Gasteiger partial charge in [0.05, 0.1) is 36.3 Å². The number of carbonyl (C=O) groups excluding carboxylic acids is 4. The first kappa shape index (κ1) is 23.1. The van der Waals surface area contributed by atoms with E-state index in [0.717, 1.165) is 0 Å². The average molecular weight is 471 g/mol. The van der Waals surface area contributed by atoms with Crippen molar-refractivity contribution in [2.75, 3.05) is 26.3 Å². The number of nitrogens with zero attached hydrogens (tertiary/aromatic N) is 1. The molecule has 0 aromatic carbocycles. The van der Waals surface area contributed by atoms with Gasteiger partial charge in [0.15, 0.2) is 5.76 Å². The lowest BCUT2D eigenvalue weighted by Crippen LogP contribution is -2.47. The molecule has 2 aliphatic heterocycles. The Morgan fingerprint density at radius 2 is 1.82 bits per heavy atom. The number of nitrogens with one attached hydrogen (secondary N) is 2. The second-order valence-corrected chi connectivity index (χ2v) is 7.81. The molecule has 1 saturated heterocycles. The van der Waals surface area contributed by atoms with Gasteiger partial charge in [-0.2, -0.15) is 0 Å². The first-order valence-electron chi connectivity index (χ1n) is 11.0. The molecule has 2 aliphatic rings. The second-order valence-electron chi connectivity index (χ2n) is 7.81. The number of likely N-dealkylation sites (tertiary alicyclic amines) is 1. The highest BCUT2D eigenvalue weighted by atomic mass is 16.5. The van der Waals surface area contributed by atoms with Gasteiger partial charge in [0.2, 0.25) is 0 Å². The summed E-state index contributed by atoms with van der Waals surface area (Å²) in [6.07, 6.45) is 3.72. The van der Waals surface area contributed by atoms with Crippen molar-refractivity contribution in [1.82, 2.24) is 15.5 Å². The molecule has 0 radical (unpaired) electrons. The van der Waals surface area contributed by atoms with Crippen LogP contribution in [0.5, 0.6) is 0 Å². The average Bonchev–Trinajstić information content (AvgIpc) is 3.56. The van der Waals surface area contributed by atoms with Crippen LogP contribution in [0.4, 0.5) is 4.79 Å². The Morgan fingerprint density at radius 1 is 1.09 bits per heavy atom. The van der Waals surface area contributed by atoms with Crippen LogP contribution in [-0.4, -0.2) is 55.1 Å². The van der Waals surface area contributed by atoms with Crippen molar-refractivity contribution in [3.05, 3.63) is 59.6 Å². The van der Waals surface area contributed by atoms with Gasteiger partial charge < -0.3 is 33.8 Å². The van der Waals surface area contributed by atoms with Crippen molar-refractivity contribution in [1.29, 1.82) is 0 Å². The van der Waals surface area contributed by atoms with Crippen molar-refractivity contribution < 1.29 is 37.5 Å². The van der Waals surface area contributed by atoms with Gasteiger partial charge in [-0.15, -0.1) is 0 Å². The van der Waals surface area contributed by atoms with Crippen LogP contribution in [0, 0.1) is 5.92 Å². The zero-order valence-electron chi connectivity index (χ0n) is 18.6. The van der Waals surface area contributed by atoms with Crippen LogP contribution in [-0.2, 0) is 19.1 Å². The Kier molecular flexibility index (Phi) is 7.00. The highest BCUT2D eigenvalue weighted by Gasteiger charge is 2.36. The van der Waals surface area contributed by atoms with Gasteiger partial charge in [-0.05, 0) is 44.0 Å². The van der Waals surface area contributed by atoms with Crippen LogP contribution in [0.3, 0.4) is 0 Å². The molecular weight excluding hydrogens is 446 g/mol. The predicted octanol–water partition coefficient (Wildman–Crippen LogP) is 2.14. The monoisotopic (exact) mass is 471 g/mol. The highest BCUT2D eigenvalue weighted by molar-refractivity contribution is 5.95. The molecule has 3 amide bonds. The Hall–Kier alpha value is -4.02. The van der Waals surface area contributed by atoms with Crippen molar-refractivity contribution in [2.24, 2.45) is 5.92 Å². The zero-order chi connectivity index (χ0) is 24.1. The molecule has 0 spiro atoms. The lowest BCUT2D eigenvalue weighted by Gasteiger charge is -2.31. The first-order chi connectivity index (χ1) is 16.5. The van der Waals surface area contributed by atoms with E-state index in [-0.39, 0.29) is 36.2 Å². The summed E-state index contributed by atoms with van der Waals surface area (Å²) >= 11 is 0. The van der Waals surface area contributed by atoms with E-state index < -0.39 is 29.9 Å². The number of hydrogen-bond acceptors (Lipinski definition) is 8. The molecule has 0 bridgehead atoms. The fourth-order valence-corrected chi connectivity index (χ4v) is 3.99. The van der Waals surface area contributed by atoms with E-state index in [2.05, 4.69) is 10.6 Å². The normalized spacial score (nSPS) is 18.8. The van der Waals surface area contributed by atoms with Crippen LogP contribution in [0.15, 0.2) is 56.9 Å². The molecule has 2 N–H and O–H groups in total. The smallest absolute Gasteiger partial charge is 0.338 e. The third-order valence-electron chi connectivity index (χ3n) is 5.68. The van der Waals surface area contributed by atoms with Crippen LogP contribution >= 0.6 is 0 Å². The third kappa shape index (κ3) is 4.98. The van der Waals surface area contributed by atoms with Crippen molar-refractivity contribution in [2.45, 2.75) is 25.8 Å². The number of urea groups is 1. The summed E-state index contributed by atoms with van der Waals surface area (Å²) in [6, 6.07) is 5.05. The van der Waals surface area contributed by atoms with Crippen LogP contribution in [0.1, 0.15) is 42.1 Å². The number of carbonyl (C=O) groups is 4. The Labute approximate surface area is 195 Å². The molecule has 0 saturated carbocycles. The molecule has 4 heterocycles. The number of furan rings is 2. The minimum Gasteiger partial charge on any atom is -0.467 e. The molecule has 1 fully saturated rings. The van der Waals surface area contributed by atoms with E-state index in [1.165, 1.54) is 12.5 Å². The number of amides is 3. The van der Waals surface area contributed by atoms with Crippen LogP contribution in [0.25, 0.3) is 0 Å². The summed E-state index contributed by atoms with van der Waals surface area (Å²) < 4.78 is 21.1. The summed E-state index contributed by atoms with van der Waals surface area (Å²) in [7, 11) is 0. The second kappa shape index (κ2) is 10.3. The number of hydrogen-bond donors (Lipinski definition) is 2. The number of ether oxygens (including phenoxy) is 2. The maximum atomic E-state index is 12.7. The molecule has 180 valence electrons. The molecule has 2 aromatic heterocycles. The fraction of sp³-hybridized carbons (Fsp3) is 0.391. The lowest BCUT2D eigenvalue weighted by molar-refractivity contribution is -0.149. The molecule has 4 rings (SSSR count). The molecule has 34 heavy (non-hydrogen) atoms. The van der Waals surface area contributed by atoms with Gasteiger partial charge in [0, 0.05) is 13.1 Å². The summed E-state index contributed by atoms with van der Waals surface area (Å²) in [5, 5.41) is 5.17. The SMILES string of the molecule is CCOC(=O)C1=C(COC(=O)C2CCN(C(=O)c3ccco3)CC2)NC(=O)NC1c1ccco1. The van der Waals surface area contributed by atoms with Gasteiger partial charge in [-0.25, -0.2) is 9.59 Å². The number of piperidine rings is 1. The van der Waals surface area contributed by atoms with E-state index in [9.17, 15) is 19.2 Å². The van der Waals surface area contributed by atoms with Crippen LogP contribution < -0.4 is 10.6 Å². The van der Waals surface area contributed by atoms with E-state index >= 15 is 0 Å². The van der Waals surface area contributed by atoms with Gasteiger partial charge in [-0.3, -0.25) is 9.59 Å². The first-order valence-corrected chi connectivity index (χ1v) is 11.0. The molecule has 1 atom stereocenters. The Bertz CT molecular complexity index is 1070. The lowest BCUT2D eigenvalue weighted by atomic mass is 9.96. The molecular formula is C23H25N3O8. The van der Waals surface area contributed by atoms with Gasteiger partial charge in [0.1, 0.15) is 18.4 Å². The summed E-state index contributed by atoms with van der Waals surface area (Å²) in [4.78, 5) is 51.6. The standard InChI is InChI=1S/C23H25N3O8/c1-2-31-22(29)18-15(24-23(30)25-19(18)16-5-3-11-32-16)13-34-21(28)14-7-9-26(10-8-14)20(27)17-6-4-12-33-17/h3-6,11-12,14,19H,2,7-10,13H2,1H3,(H2,24,25,30). The van der Waals surface area contributed by atoms with E-state index in [0.29, 0.717) is 31.7 Å². The molecule has 0 aliphatic carbocycles. The fourth-order valence-electron chi connectivity index (χ4n) is 3.99. The molecule has 11 heteroatoms. The third-order valence-corrected chi connectivity index (χ3v) is 5.68. The van der Waals surface area contributed by atoms with E-state index in [1.807, 2.05) is 0 Å². The molecule has 1 unspecified atom stereocenters. The molecule has 11 nitrogen and oxygen atoms in total. The maximum Gasteiger partial charge on any atom is 0.338 e. The van der Waals surface area contributed by atoms with Crippen molar-refractivity contribution in [3.63, 3.8) is 0 Å². The topological polar surface area (TPSA) is 140 Å². The largest absolute Gasteiger partial charge is 0.467 e. The van der Waals surface area contributed by atoms with E-state index in [4.69, 9.17) is 18.3 Å². The van der Waals surface area contributed by atoms with Gasteiger partial charge in [-0.1, -0.05) is 0 Å². The minimum atomic E-state index is -0.882. The number of rotatable bonds is 7. The summed E-state index contributed by atoms with van der Waals surface area (Å²) in [6.45, 7) is 2.25. The summed E-state index contributed by atoms with van der Waals surface area (Å²) in [5.41, 5.74) is 0.227. The highest BCUT2D eigenvalue weighted by Crippen LogP contribution is 2.29. The predicted molar refractivity (Wildman–Crippen MR) is 115 cm³/mol. The minimum absolute atomic E-state index is 0.100. The van der Waals surface area contributed by atoms with Crippen molar-refractivity contribution >= 4 is 23.9 Å². The Morgan fingerprint density at radius 3 is 2.47 bits per heavy atom. The van der Waals surface area contributed by atoms with E-state index in [1.54, 1.807) is 36.1 Å². The quantitative estimate of drug-likeness (QED) is 0.586. The van der Waals surface area contributed by atoms with Gasteiger partial charge >= 0.3 is 18.0 Å². The van der Waals surface area contributed by atoms with Gasteiger partial charge in [0.25, 0.3) is 5.91 Å². The van der Waals surface area contributed by atoms with Crippen molar-refractivity contribution in [3.8, 4) is 0 Å².